The normalized spacial score (nSPS) is 41.9. The molecule has 1 aromatic carbocycles. The maximum Gasteiger partial charge on any atom is 0.220 e. The zero-order valence-electron chi connectivity index (χ0n) is 18.2. The second-order valence-electron chi connectivity index (χ2n) is 11.2. The smallest absolute Gasteiger partial charge is 0.220 e. The number of anilines is 1. The Morgan fingerprint density at radius 3 is 2.47 bits per heavy atom. The number of benzene rings is 1. The molecule has 0 spiro atoms. The molecule has 2 aliphatic heterocycles. The molecule has 4 saturated carbocycles. The number of carbonyl (C=O) groups is 1. The van der Waals surface area contributed by atoms with Gasteiger partial charge in [0.2, 0.25) is 5.91 Å². The molecule has 0 radical (unpaired) electrons. The Labute approximate surface area is 179 Å². The molecule has 7 rings (SSSR count). The van der Waals surface area contributed by atoms with Gasteiger partial charge >= 0.3 is 0 Å². The monoisotopic (exact) mass is 410 g/mol. The summed E-state index contributed by atoms with van der Waals surface area (Å²) in [7, 11) is 0. The summed E-state index contributed by atoms with van der Waals surface area (Å²) in [6.07, 6.45) is 9.76. The maximum absolute atomic E-state index is 13.0. The zero-order valence-corrected chi connectivity index (χ0v) is 18.2. The van der Waals surface area contributed by atoms with Crippen LogP contribution in [0.5, 0.6) is 0 Å². The van der Waals surface area contributed by atoms with Crippen LogP contribution < -0.4 is 10.6 Å². The summed E-state index contributed by atoms with van der Waals surface area (Å²) in [5.41, 5.74) is 1.82. The third kappa shape index (κ3) is 3.00. The van der Waals surface area contributed by atoms with E-state index in [1.807, 2.05) is 19.9 Å². The minimum atomic E-state index is -0.632. The molecule has 30 heavy (non-hydrogen) atoms. The molecule has 6 aliphatic rings. The topological polar surface area (TPSA) is 59.6 Å². The van der Waals surface area contributed by atoms with E-state index in [4.69, 9.17) is 9.47 Å². The van der Waals surface area contributed by atoms with Gasteiger partial charge in [-0.15, -0.1) is 0 Å². The summed E-state index contributed by atoms with van der Waals surface area (Å²) in [4.78, 5) is 13.0. The Morgan fingerprint density at radius 2 is 1.77 bits per heavy atom. The lowest BCUT2D eigenvalue weighted by molar-refractivity contribution is -0.167. The highest BCUT2D eigenvalue weighted by Gasteiger charge is 2.58. The van der Waals surface area contributed by atoms with E-state index in [2.05, 4.69) is 28.8 Å². The molecule has 0 aromatic heterocycles. The minimum Gasteiger partial charge on any atom is -0.357 e. The molecule has 5 fully saturated rings. The number of fused-ring (bicyclic) bond motifs is 3. The lowest BCUT2D eigenvalue weighted by Crippen LogP contribution is -2.59. The highest BCUT2D eigenvalue weighted by atomic mass is 16.8. The summed E-state index contributed by atoms with van der Waals surface area (Å²) in [5, 5.41) is 7.00. The van der Waals surface area contributed by atoms with Gasteiger partial charge in [-0.2, -0.15) is 0 Å². The van der Waals surface area contributed by atoms with Gasteiger partial charge in [0.25, 0.3) is 0 Å². The van der Waals surface area contributed by atoms with E-state index < -0.39 is 11.4 Å². The van der Waals surface area contributed by atoms with E-state index in [0.717, 1.165) is 41.8 Å². The van der Waals surface area contributed by atoms with Gasteiger partial charge in [-0.25, -0.2) is 0 Å². The van der Waals surface area contributed by atoms with Crippen LogP contribution in [0, 0.1) is 17.8 Å². The predicted octanol–water partition coefficient (Wildman–Crippen LogP) is 4.67. The van der Waals surface area contributed by atoms with Gasteiger partial charge in [0.05, 0.1) is 0 Å². The second kappa shape index (κ2) is 6.46. The van der Waals surface area contributed by atoms with Gasteiger partial charge in [-0.1, -0.05) is 18.2 Å². The van der Waals surface area contributed by atoms with E-state index in [1.54, 1.807) is 0 Å². The van der Waals surface area contributed by atoms with Crippen molar-refractivity contribution in [3.8, 4) is 0 Å². The van der Waals surface area contributed by atoms with Gasteiger partial charge in [0.1, 0.15) is 5.60 Å². The number of hydrogen-bond acceptors (Lipinski definition) is 4. The lowest BCUT2D eigenvalue weighted by atomic mass is 9.53. The SMILES string of the molecule is CC1(C)O[C@H]2Nc3ccccc3[C@@]2(CCCC(=O)NC23CC4CC(CC(C4)C2)C3)O1. The number of amides is 1. The fraction of sp³-hybridized carbons (Fsp3) is 0.720. The Kier molecular flexibility index (Phi) is 4.12. The molecule has 2 heterocycles. The van der Waals surface area contributed by atoms with Crippen molar-refractivity contribution in [1.29, 1.82) is 0 Å². The van der Waals surface area contributed by atoms with Crippen molar-refractivity contribution in [2.45, 2.75) is 94.8 Å². The van der Waals surface area contributed by atoms with Crippen molar-refractivity contribution in [3.63, 3.8) is 0 Å². The molecule has 1 amide bonds. The molecule has 0 unspecified atom stereocenters. The number of ether oxygens (including phenoxy) is 2. The molecular formula is C25H34N2O3. The Hall–Kier alpha value is -1.59. The van der Waals surface area contributed by atoms with Crippen molar-refractivity contribution in [1.82, 2.24) is 5.32 Å². The first-order chi connectivity index (χ1) is 14.3. The second-order valence-corrected chi connectivity index (χ2v) is 11.2. The van der Waals surface area contributed by atoms with E-state index in [-0.39, 0.29) is 17.7 Å². The number of rotatable bonds is 5. The van der Waals surface area contributed by atoms with Crippen molar-refractivity contribution in [3.05, 3.63) is 29.8 Å². The summed E-state index contributed by atoms with van der Waals surface area (Å²) >= 11 is 0. The van der Waals surface area contributed by atoms with E-state index >= 15 is 0 Å². The average Bonchev–Trinajstić information content (AvgIpc) is 3.06. The van der Waals surface area contributed by atoms with E-state index in [0.29, 0.717) is 6.42 Å². The first-order valence-electron chi connectivity index (χ1n) is 11.9. The van der Waals surface area contributed by atoms with E-state index in [9.17, 15) is 4.79 Å². The number of nitrogens with one attached hydrogen (secondary N) is 2. The molecule has 1 aromatic rings. The number of para-hydroxylation sites is 1. The summed E-state index contributed by atoms with van der Waals surface area (Å²) in [6, 6.07) is 8.29. The quantitative estimate of drug-likeness (QED) is 0.740. The molecular weight excluding hydrogens is 376 g/mol. The summed E-state index contributed by atoms with van der Waals surface area (Å²) in [5.74, 6) is 2.14. The Balaban J connectivity index is 1.12. The van der Waals surface area contributed by atoms with Crippen LogP contribution in [0.25, 0.3) is 0 Å². The number of carbonyl (C=O) groups excluding carboxylic acids is 1. The first kappa shape index (κ1) is 19.1. The standard InChI is InChI=1S/C25H34N2O3/c1-23(2)29-22-25(30-23,19-6-3-4-7-20(19)26-22)9-5-8-21(28)27-24-13-16-10-17(14-24)12-18(11-16)15-24/h3-4,6-7,16-18,22,26H,5,8-15H2,1-2H3,(H,27,28)/t16?,17?,18?,22-,24?,25-/m1/s1. The van der Waals surface area contributed by atoms with Gasteiger partial charge in [-0.3, -0.25) is 4.79 Å². The first-order valence-corrected chi connectivity index (χ1v) is 11.9. The van der Waals surface area contributed by atoms with Crippen LogP contribution in [0.2, 0.25) is 0 Å². The maximum atomic E-state index is 13.0. The summed E-state index contributed by atoms with van der Waals surface area (Å²) in [6.45, 7) is 3.94. The molecule has 4 bridgehead atoms. The molecule has 162 valence electrons. The van der Waals surface area contributed by atoms with Crippen LogP contribution in [0.3, 0.4) is 0 Å². The highest BCUT2D eigenvalue weighted by molar-refractivity contribution is 5.77. The summed E-state index contributed by atoms with van der Waals surface area (Å²) < 4.78 is 12.7. The van der Waals surface area contributed by atoms with Crippen LogP contribution in [-0.4, -0.2) is 23.5 Å². The third-order valence-corrected chi connectivity index (χ3v) is 8.32. The van der Waals surface area contributed by atoms with Crippen molar-refractivity contribution in [2.75, 3.05) is 5.32 Å². The van der Waals surface area contributed by atoms with Crippen molar-refractivity contribution in [2.24, 2.45) is 17.8 Å². The number of hydrogen-bond donors (Lipinski definition) is 2. The average molecular weight is 411 g/mol. The Morgan fingerprint density at radius 1 is 1.10 bits per heavy atom. The van der Waals surface area contributed by atoms with Crippen molar-refractivity contribution >= 4 is 11.6 Å². The van der Waals surface area contributed by atoms with Gasteiger partial charge < -0.3 is 20.1 Å². The van der Waals surface area contributed by atoms with Crippen LogP contribution in [-0.2, 0) is 19.9 Å². The van der Waals surface area contributed by atoms with E-state index in [1.165, 1.54) is 38.5 Å². The van der Waals surface area contributed by atoms with Crippen LogP contribution >= 0.6 is 0 Å². The predicted molar refractivity (Wildman–Crippen MR) is 115 cm³/mol. The molecule has 2 N–H and O–H groups in total. The molecule has 5 heteroatoms. The minimum absolute atomic E-state index is 0.100. The van der Waals surface area contributed by atoms with Crippen LogP contribution in [0.1, 0.15) is 77.2 Å². The molecule has 1 saturated heterocycles. The van der Waals surface area contributed by atoms with Gasteiger partial charge in [-0.05, 0) is 89.0 Å². The van der Waals surface area contributed by atoms with Gasteiger partial charge in [0.15, 0.2) is 12.0 Å². The lowest BCUT2D eigenvalue weighted by Gasteiger charge is -2.57. The third-order valence-electron chi connectivity index (χ3n) is 8.32. The zero-order chi connectivity index (χ0) is 20.6. The Bertz CT molecular complexity index is 830. The van der Waals surface area contributed by atoms with Crippen LogP contribution in [0.4, 0.5) is 5.69 Å². The molecule has 4 aliphatic carbocycles. The van der Waals surface area contributed by atoms with Gasteiger partial charge in [0, 0.05) is 23.2 Å². The van der Waals surface area contributed by atoms with Crippen molar-refractivity contribution < 1.29 is 14.3 Å². The molecule has 5 nitrogen and oxygen atoms in total. The fourth-order valence-corrected chi connectivity index (χ4v) is 7.81. The fourth-order valence-electron chi connectivity index (χ4n) is 7.81. The molecule has 2 atom stereocenters. The highest BCUT2D eigenvalue weighted by Crippen LogP contribution is 2.56. The van der Waals surface area contributed by atoms with Crippen LogP contribution in [0.15, 0.2) is 24.3 Å². The largest absolute Gasteiger partial charge is 0.357 e.